The van der Waals surface area contributed by atoms with Crippen LogP contribution in [0.3, 0.4) is 0 Å². The van der Waals surface area contributed by atoms with Gasteiger partial charge in [0.25, 0.3) is 0 Å². The highest BCUT2D eigenvalue weighted by Crippen LogP contribution is 2.20. The fourth-order valence-electron chi connectivity index (χ4n) is 1.44. The molecule has 0 aliphatic rings. The lowest BCUT2D eigenvalue weighted by Gasteiger charge is -2.17. The van der Waals surface area contributed by atoms with Crippen LogP contribution in [0.5, 0.6) is 0 Å². The second-order valence-electron chi connectivity index (χ2n) is 4.33. The van der Waals surface area contributed by atoms with Gasteiger partial charge in [-0.15, -0.1) is 0 Å². The topological polar surface area (TPSA) is 64.9 Å². The fraction of sp³-hybridized carbons (Fsp3) is 0.385. The summed E-state index contributed by atoms with van der Waals surface area (Å²) in [6, 6.07) is 6.65. The molecule has 0 fully saturated rings. The minimum absolute atomic E-state index is 0.0856. The van der Waals surface area contributed by atoms with E-state index in [1.165, 1.54) is 0 Å². The highest BCUT2D eigenvalue weighted by molar-refractivity contribution is 6.30. The summed E-state index contributed by atoms with van der Waals surface area (Å²) in [4.78, 5) is 11.7. The highest BCUT2D eigenvalue weighted by atomic mass is 35.5. The van der Waals surface area contributed by atoms with Gasteiger partial charge in [-0.1, -0.05) is 11.6 Å². The zero-order valence-electron chi connectivity index (χ0n) is 10.6. The Morgan fingerprint density at radius 3 is 2.61 bits per heavy atom. The Morgan fingerprint density at radius 1 is 1.39 bits per heavy atom. The number of nitriles is 1. The largest absolute Gasteiger partial charge is 0.373 e. The van der Waals surface area contributed by atoms with Crippen molar-refractivity contribution in [2.45, 2.75) is 32.9 Å². The maximum Gasteiger partial charge on any atom is 0.242 e. The lowest BCUT2D eigenvalue weighted by molar-refractivity contribution is -0.122. The van der Waals surface area contributed by atoms with Crippen LogP contribution in [0, 0.1) is 11.3 Å². The number of nitrogens with one attached hydrogen (secondary N) is 2. The number of carbonyl (C=O) groups is 1. The monoisotopic (exact) mass is 265 g/mol. The van der Waals surface area contributed by atoms with Crippen molar-refractivity contribution in [3.05, 3.63) is 28.8 Å². The first-order valence-electron chi connectivity index (χ1n) is 5.70. The van der Waals surface area contributed by atoms with Crippen LogP contribution in [0.4, 0.5) is 5.69 Å². The van der Waals surface area contributed by atoms with Gasteiger partial charge in [-0.2, -0.15) is 5.26 Å². The first-order valence-corrected chi connectivity index (χ1v) is 6.08. The van der Waals surface area contributed by atoms with E-state index >= 15 is 0 Å². The van der Waals surface area contributed by atoms with Crippen LogP contribution in [0.2, 0.25) is 5.02 Å². The van der Waals surface area contributed by atoms with Gasteiger partial charge in [0, 0.05) is 11.1 Å². The van der Waals surface area contributed by atoms with Crippen LogP contribution >= 0.6 is 11.6 Å². The molecular formula is C13H16ClN3O. The average Bonchev–Trinajstić information content (AvgIpc) is 2.30. The summed E-state index contributed by atoms with van der Waals surface area (Å²) in [5.41, 5.74) is 1.03. The molecule has 0 radical (unpaired) electrons. The molecule has 4 nitrogen and oxygen atoms in total. The van der Waals surface area contributed by atoms with Crippen LogP contribution in [-0.4, -0.2) is 18.0 Å². The van der Waals surface area contributed by atoms with Gasteiger partial charge in [0.2, 0.25) is 5.91 Å². The van der Waals surface area contributed by atoms with E-state index in [-0.39, 0.29) is 11.9 Å². The minimum Gasteiger partial charge on any atom is -0.373 e. The van der Waals surface area contributed by atoms with Crippen LogP contribution in [0.25, 0.3) is 0 Å². The summed E-state index contributed by atoms with van der Waals surface area (Å²) in [5, 5.41) is 15.3. The molecule has 1 aromatic carbocycles. The van der Waals surface area contributed by atoms with E-state index in [4.69, 9.17) is 16.9 Å². The van der Waals surface area contributed by atoms with Crippen molar-refractivity contribution in [2.75, 3.05) is 5.32 Å². The smallest absolute Gasteiger partial charge is 0.242 e. The van der Waals surface area contributed by atoms with Crippen LogP contribution < -0.4 is 10.6 Å². The molecule has 0 bridgehead atoms. The van der Waals surface area contributed by atoms with Crippen molar-refractivity contribution < 1.29 is 4.79 Å². The molecule has 0 spiro atoms. The number of nitrogens with zero attached hydrogens (tertiary/aromatic N) is 1. The Balaban J connectivity index is 2.79. The number of halogens is 1. The van der Waals surface area contributed by atoms with Gasteiger partial charge in [-0.05, 0) is 39.0 Å². The first-order chi connectivity index (χ1) is 8.43. The highest BCUT2D eigenvalue weighted by Gasteiger charge is 2.14. The Labute approximate surface area is 112 Å². The standard InChI is InChI=1S/C13H16ClN3O/c1-8(2)16-13(18)9(3)17-12-5-4-11(14)6-10(12)7-15/h4-6,8-9,17H,1-3H3,(H,16,18). The van der Waals surface area contributed by atoms with Crippen LogP contribution in [0.1, 0.15) is 26.3 Å². The summed E-state index contributed by atoms with van der Waals surface area (Å²) in [6.07, 6.45) is 0. The second-order valence-corrected chi connectivity index (χ2v) is 4.77. The average molecular weight is 266 g/mol. The van der Waals surface area contributed by atoms with Gasteiger partial charge in [0.1, 0.15) is 12.1 Å². The molecule has 0 aromatic heterocycles. The molecule has 96 valence electrons. The van der Waals surface area contributed by atoms with Crippen molar-refractivity contribution in [2.24, 2.45) is 0 Å². The SMILES string of the molecule is CC(C)NC(=O)C(C)Nc1ccc(Cl)cc1C#N. The molecule has 1 atom stereocenters. The Hall–Kier alpha value is -1.73. The summed E-state index contributed by atoms with van der Waals surface area (Å²) in [7, 11) is 0. The molecule has 1 rings (SSSR count). The number of hydrogen-bond acceptors (Lipinski definition) is 3. The molecule has 18 heavy (non-hydrogen) atoms. The maximum absolute atomic E-state index is 11.7. The van der Waals surface area contributed by atoms with Gasteiger partial charge in [0.15, 0.2) is 0 Å². The van der Waals surface area contributed by atoms with E-state index in [0.717, 1.165) is 0 Å². The quantitative estimate of drug-likeness (QED) is 0.879. The number of amides is 1. The third-order valence-corrected chi connectivity index (χ3v) is 2.53. The molecule has 1 aromatic rings. The number of benzene rings is 1. The van der Waals surface area contributed by atoms with E-state index in [0.29, 0.717) is 16.3 Å². The Bertz CT molecular complexity index is 480. The molecule has 5 heteroatoms. The zero-order valence-corrected chi connectivity index (χ0v) is 11.4. The van der Waals surface area contributed by atoms with Crippen molar-refractivity contribution in [1.82, 2.24) is 5.32 Å². The Morgan fingerprint density at radius 2 is 2.06 bits per heavy atom. The van der Waals surface area contributed by atoms with Gasteiger partial charge < -0.3 is 10.6 Å². The molecule has 0 aliphatic heterocycles. The Kier molecular flexibility index (Phi) is 4.99. The van der Waals surface area contributed by atoms with Gasteiger partial charge in [0.05, 0.1) is 11.3 Å². The first kappa shape index (κ1) is 14.3. The van der Waals surface area contributed by atoms with Crippen molar-refractivity contribution in [3.8, 4) is 6.07 Å². The summed E-state index contributed by atoms with van der Waals surface area (Å²) in [6.45, 7) is 5.54. The summed E-state index contributed by atoms with van der Waals surface area (Å²) < 4.78 is 0. The molecule has 2 N–H and O–H groups in total. The third-order valence-electron chi connectivity index (χ3n) is 2.30. The minimum atomic E-state index is -0.416. The molecule has 1 unspecified atom stereocenters. The van der Waals surface area contributed by atoms with E-state index in [1.54, 1.807) is 25.1 Å². The van der Waals surface area contributed by atoms with Crippen molar-refractivity contribution in [3.63, 3.8) is 0 Å². The second kappa shape index (κ2) is 6.27. The lowest BCUT2D eigenvalue weighted by Crippen LogP contribution is -2.41. The van der Waals surface area contributed by atoms with E-state index < -0.39 is 6.04 Å². The fourth-order valence-corrected chi connectivity index (χ4v) is 1.62. The van der Waals surface area contributed by atoms with Crippen LogP contribution in [-0.2, 0) is 4.79 Å². The van der Waals surface area contributed by atoms with Crippen molar-refractivity contribution in [1.29, 1.82) is 5.26 Å². The van der Waals surface area contributed by atoms with Crippen LogP contribution in [0.15, 0.2) is 18.2 Å². The summed E-state index contributed by atoms with van der Waals surface area (Å²) >= 11 is 5.81. The normalized spacial score (nSPS) is 11.8. The molecule has 0 heterocycles. The molecule has 1 amide bonds. The van der Waals surface area contributed by atoms with E-state index in [1.807, 2.05) is 19.9 Å². The molecule has 0 saturated carbocycles. The van der Waals surface area contributed by atoms with E-state index in [9.17, 15) is 4.79 Å². The van der Waals surface area contributed by atoms with Gasteiger partial charge in [-0.25, -0.2) is 0 Å². The van der Waals surface area contributed by atoms with E-state index in [2.05, 4.69) is 10.6 Å². The number of hydrogen-bond donors (Lipinski definition) is 2. The molecule has 0 aliphatic carbocycles. The molecular weight excluding hydrogens is 250 g/mol. The lowest BCUT2D eigenvalue weighted by atomic mass is 10.1. The number of rotatable bonds is 4. The van der Waals surface area contributed by atoms with Gasteiger partial charge in [-0.3, -0.25) is 4.79 Å². The summed E-state index contributed by atoms with van der Waals surface area (Å²) in [5.74, 6) is -0.108. The van der Waals surface area contributed by atoms with Crippen molar-refractivity contribution >= 4 is 23.2 Å². The van der Waals surface area contributed by atoms with Gasteiger partial charge >= 0.3 is 0 Å². The maximum atomic E-state index is 11.7. The number of anilines is 1. The molecule has 0 saturated heterocycles. The number of carbonyl (C=O) groups excluding carboxylic acids is 1. The predicted octanol–water partition coefficient (Wildman–Crippen LogP) is 2.54. The zero-order chi connectivity index (χ0) is 13.7. The third kappa shape index (κ3) is 3.94. The predicted molar refractivity (Wildman–Crippen MR) is 72.5 cm³/mol.